The Hall–Kier alpha value is -2.19. The van der Waals surface area contributed by atoms with Crippen LogP contribution in [0.4, 0.5) is 10.6 Å². The minimum atomic E-state index is -0.704. The van der Waals surface area contributed by atoms with Gasteiger partial charge in [-0.25, -0.2) is 14.8 Å². The molecule has 1 aliphatic rings. The number of β-amino-alcohol motifs (C(OH)–C–C–N with tert-alkyl or cyclic N) is 1. The fraction of sp³-hybridized carbons (Fsp3) is 0.450. The van der Waals surface area contributed by atoms with Gasteiger partial charge >= 0.3 is 6.09 Å². The minimum absolute atomic E-state index is 0.211. The number of aryl methyl sites for hydroxylation is 2. The van der Waals surface area contributed by atoms with Crippen LogP contribution in [0.3, 0.4) is 0 Å². The van der Waals surface area contributed by atoms with Gasteiger partial charge in [-0.15, -0.1) is 0 Å². The number of aromatic nitrogens is 2. The minimum Gasteiger partial charge on any atom is -0.445 e. The van der Waals surface area contributed by atoms with E-state index in [1.54, 1.807) is 0 Å². The monoisotopic (exact) mass is 448 g/mol. The molecule has 1 saturated heterocycles. The van der Waals surface area contributed by atoms with Crippen molar-refractivity contribution in [1.82, 2.24) is 14.9 Å². The van der Waals surface area contributed by atoms with Crippen LogP contribution in [0.5, 0.6) is 0 Å². The van der Waals surface area contributed by atoms with E-state index in [0.29, 0.717) is 18.8 Å². The van der Waals surface area contributed by atoms with Crippen molar-refractivity contribution >= 4 is 27.8 Å². The molecule has 0 saturated carbocycles. The fourth-order valence-corrected chi connectivity index (χ4v) is 3.72. The first-order valence-electron chi connectivity index (χ1n) is 9.47. The molecule has 2 aromatic rings. The Bertz CT molecular complexity index is 819. The molecule has 1 fully saturated rings. The lowest BCUT2D eigenvalue weighted by atomic mass is 10.2. The Kier molecular flexibility index (Phi) is 6.85. The molecule has 1 aromatic heterocycles. The van der Waals surface area contributed by atoms with Gasteiger partial charge in [0.15, 0.2) is 0 Å². The van der Waals surface area contributed by atoms with Gasteiger partial charge in [0.25, 0.3) is 0 Å². The highest BCUT2D eigenvalue weighted by Crippen LogP contribution is 2.23. The molecular formula is C20H25BrN4O3. The number of likely N-dealkylation sites (tertiary alicyclic amines) is 1. The zero-order chi connectivity index (χ0) is 20.1. The Balaban J connectivity index is 1.63. The molecule has 0 spiro atoms. The largest absolute Gasteiger partial charge is 0.445 e. The maximum Gasteiger partial charge on any atom is 0.410 e. The van der Waals surface area contributed by atoms with Crippen molar-refractivity contribution in [3.63, 3.8) is 0 Å². The number of benzene rings is 1. The molecule has 1 aromatic carbocycles. The quantitative estimate of drug-likeness (QED) is 0.705. The number of carbonyl (C=O) groups is 1. The van der Waals surface area contributed by atoms with E-state index >= 15 is 0 Å². The first kappa shape index (κ1) is 20.5. The van der Waals surface area contributed by atoms with Crippen LogP contribution in [0.15, 0.2) is 34.9 Å². The number of halogens is 1. The van der Waals surface area contributed by atoms with Crippen molar-refractivity contribution in [3.8, 4) is 0 Å². The van der Waals surface area contributed by atoms with Crippen LogP contribution in [-0.4, -0.2) is 51.3 Å². The van der Waals surface area contributed by atoms with Gasteiger partial charge in [-0.2, -0.15) is 0 Å². The lowest BCUT2D eigenvalue weighted by molar-refractivity contribution is 0.0971. The average Bonchev–Trinajstić information content (AvgIpc) is 3.08. The molecule has 8 heteroatoms. The van der Waals surface area contributed by atoms with E-state index in [-0.39, 0.29) is 19.2 Å². The molecule has 0 bridgehead atoms. The summed E-state index contributed by atoms with van der Waals surface area (Å²) in [5.74, 6) is 0.658. The van der Waals surface area contributed by atoms with Gasteiger partial charge in [-0.3, -0.25) is 0 Å². The molecule has 7 nitrogen and oxygen atoms in total. The lowest BCUT2D eigenvalue weighted by Crippen LogP contribution is -2.34. The molecule has 2 N–H and O–H groups in total. The Morgan fingerprint density at radius 1 is 1.21 bits per heavy atom. The second kappa shape index (κ2) is 9.34. The van der Waals surface area contributed by atoms with Gasteiger partial charge in [0.2, 0.25) is 0 Å². The number of ether oxygens (including phenoxy) is 1. The first-order valence-corrected chi connectivity index (χ1v) is 10.3. The standard InChI is InChI=1S/C20H25BrN4O3/c1-3-14-18(21)22-15(4-2)19(23-14)24-16-10-25(11-17(16)26)20(27)28-12-13-8-6-5-7-9-13/h5-9,16-17,26H,3-4,10-12H2,1-2H3,(H,23,24)/t16-,17+/m1/s1. The summed E-state index contributed by atoms with van der Waals surface area (Å²) < 4.78 is 6.12. The molecule has 1 amide bonds. The molecule has 0 radical (unpaired) electrons. The average molecular weight is 449 g/mol. The smallest absolute Gasteiger partial charge is 0.410 e. The molecule has 2 atom stereocenters. The number of nitrogens with zero attached hydrogens (tertiary/aromatic N) is 3. The molecule has 0 aliphatic carbocycles. The topological polar surface area (TPSA) is 87.6 Å². The zero-order valence-corrected chi connectivity index (χ0v) is 17.6. The third-order valence-corrected chi connectivity index (χ3v) is 5.37. The van der Waals surface area contributed by atoms with Gasteiger partial charge < -0.3 is 20.1 Å². The molecule has 0 unspecified atom stereocenters. The van der Waals surface area contributed by atoms with Crippen LogP contribution in [0, 0.1) is 0 Å². The molecule has 2 heterocycles. The number of hydrogen-bond acceptors (Lipinski definition) is 6. The maximum absolute atomic E-state index is 12.4. The van der Waals surface area contributed by atoms with E-state index in [0.717, 1.165) is 28.0 Å². The SMILES string of the molecule is CCc1nc(N[C@@H]2CN(C(=O)OCc3ccccc3)C[C@@H]2O)c(CC)nc1Br. The van der Waals surface area contributed by atoms with Crippen molar-refractivity contribution < 1.29 is 14.6 Å². The summed E-state index contributed by atoms with van der Waals surface area (Å²) in [4.78, 5) is 23.1. The van der Waals surface area contributed by atoms with Crippen LogP contribution in [0.25, 0.3) is 0 Å². The summed E-state index contributed by atoms with van der Waals surface area (Å²) in [5, 5.41) is 13.7. The van der Waals surface area contributed by atoms with Crippen molar-refractivity contribution in [3.05, 3.63) is 51.9 Å². The fourth-order valence-electron chi connectivity index (χ4n) is 3.13. The molecule has 1 aliphatic heterocycles. The van der Waals surface area contributed by atoms with Gasteiger partial charge in [-0.1, -0.05) is 44.2 Å². The summed E-state index contributed by atoms with van der Waals surface area (Å²) in [6, 6.07) is 9.20. The van der Waals surface area contributed by atoms with E-state index < -0.39 is 12.2 Å². The summed E-state index contributed by atoms with van der Waals surface area (Å²) in [6.07, 6.45) is 0.324. The summed E-state index contributed by atoms with van der Waals surface area (Å²) >= 11 is 3.45. The molecular weight excluding hydrogens is 424 g/mol. The third-order valence-electron chi connectivity index (χ3n) is 4.74. The number of carbonyl (C=O) groups excluding carboxylic acids is 1. The maximum atomic E-state index is 12.4. The van der Waals surface area contributed by atoms with E-state index in [2.05, 4.69) is 31.2 Å². The number of hydrogen-bond donors (Lipinski definition) is 2. The molecule has 28 heavy (non-hydrogen) atoms. The van der Waals surface area contributed by atoms with Gasteiger partial charge in [0, 0.05) is 6.54 Å². The van der Waals surface area contributed by atoms with E-state index in [1.807, 2.05) is 44.2 Å². The van der Waals surface area contributed by atoms with E-state index in [4.69, 9.17) is 4.74 Å². The van der Waals surface area contributed by atoms with Crippen LogP contribution >= 0.6 is 15.9 Å². The van der Waals surface area contributed by atoms with Gasteiger partial charge in [0.05, 0.1) is 30.1 Å². The van der Waals surface area contributed by atoms with Crippen LogP contribution in [-0.2, 0) is 24.2 Å². The third kappa shape index (κ3) is 4.80. The summed E-state index contributed by atoms with van der Waals surface area (Å²) in [6.45, 7) is 4.79. The highest BCUT2D eigenvalue weighted by atomic mass is 79.9. The lowest BCUT2D eigenvalue weighted by Gasteiger charge is -2.19. The van der Waals surface area contributed by atoms with E-state index in [9.17, 15) is 9.90 Å². The number of rotatable bonds is 6. The number of anilines is 1. The van der Waals surface area contributed by atoms with Crippen molar-refractivity contribution in [1.29, 1.82) is 0 Å². The Morgan fingerprint density at radius 2 is 1.93 bits per heavy atom. The summed E-state index contributed by atoms with van der Waals surface area (Å²) in [7, 11) is 0. The van der Waals surface area contributed by atoms with Crippen molar-refractivity contribution in [2.24, 2.45) is 0 Å². The van der Waals surface area contributed by atoms with E-state index in [1.165, 1.54) is 4.90 Å². The highest BCUT2D eigenvalue weighted by molar-refractivity contribution is 9.10. The zero-order valence-electron chi connectivity index (χ0n) is 16.1. The van der Waals surface area contributed by atoms with Gasteiger partial charge in [0.1, 0.15) is 17.0 Å². The molecule has 3 rings (SSSR count). The predicted octanol–water partition coefficient (Wildman–Crippen LogP) is 3.16. The number of amides is 1. The second-order valence-corrected chi connectivity index (χ2v) is 7.48. The van der Waals surface area contributed by atoms with Crippen molar-refractivity contribution in [2.45, 2.75) is 45.4 Å². The van der Waals surface area contributed by atoms with Crippen LogP contribution in [0.1, 0.15) is 30.8 Å². The van der Waals surface area contributed by atoms with Crippen LogP contribution < -0.4 is 5.32 Å². The summed E-state index contributed by atoms with van der Waals surface area (Å²) in [5.41, 5.74) is 2.60. The van der Waals surface area contributed by atoms with Gasteiger partial charge in [-0.05, 0) is 34.3 Å². The van der Waals surface area contributed by atoms with Crippen LogP contribution in [0.2, 0.25) is 0 Å². The Labute approximate surface area is 173 Å². The highest BCUT2D eigenvalue weighted by Gasteiger charge is 2.35. The number of aliphatic hydroxyl groups is 1. The Morgan fingerprint density at radius 3 is 2.61 bits per heavy atom. The normalized spacial score (nSPS) is 18.9. The van der Waals surface area contributed by atoms with Crippen molar-refractivity contribution in [2.75, 3.05) is 18.4 Å². The number of aliphatic hydroxyl groups excluding tert-OH is 1. The first-order chi connectivity index (χ1) is 13.5. The number of nitrogens with one attached hydrogen (secondary N) is 1. The second-order valence-electron chi connectivity index (χ2n) is 6.73. The predicted molar refractivity (Wildman–Crippen MR) is 110 cm³/mol. The molecule has 150 valence electrons.